The summed E-state index contributed by atoms with van der Waals surface area (Å²) < 4.78 is 34.2. The molecule has 4 rings (SSSR count). The maximum absolute atomic E-state index is 14.3. The van der Waals surface area contributed by atoms with Crippen molar-refractivity contribution in [3.63, 3.8) is 0 Å². The summed E-state index contributed by atoms with van der Waals surface area (Å²) in [5.41, 5.74) is -0.518. The molecule has 0 aromatic heterocycles. The van der Waals surface area contributed by atoms with Gasteiger partial charge in [0.25, 0.3) is 0 Å². The lowest BCUT2D eigenvalue weighted by Crippen LogP contribution is -2.60. The van der Waals surface area contributed by atoms with E-state index in [9.17, 15) is 13.9 Å². The summed E-state index contributed by atoms with van der Waals surface area (Å²) in [5, 5.41) is 11.1. The average Bonchev–Trinajstić information content (AvgIpc) is 2.57. The van der Waals surface area contributed by atoms with Crippen molar-refractivity contribution < 1.29 is 18.6 Å². The minimum Gasteiger partial charge on any atom is -0.385 e. The summed E-state index contributed by atoms with van der Waals surface area (Å²) in [4.78, 5) is 2.30. The highest BCUT2D eigenvalue weighted by molar-refractivity contribution is 5.28. The first-order valence-electron chi connectivity index (χ1n) is 8.61. The molecule has 2 aliphatic rings. The third-order valence-corrected chi connectivity index (χ3v) is 5.34. The molecule has 5 heteroatoms. The Morgan fingerprint density at radius 3 is 2.16 bits per heavy atom. The zero-order chi connectivity index (χ0) is 17.4. The van der Waals surface area contributed by atoms with Crippen molar-refractivity contribution in [2.24, 2.45) is 0 Å². The molecule has 25 heavy (non-hydrogen) atoms. The molecule has 132 valence electrons. The number of piperidine rings is 1. The van der Waals surface area contributed by atoms with Gasteiger partial charge in [-0.2, -0.15) is 0 Å². The Morgan fingerprint density at radius 1 is 0.960 bits per heavy atom. The van der Waals surface area contributed by atoms with Crippen LogP contribution in [-0.2, 0) is 16.9 Å². The summed E-state index contributed by atoms with van der Waals surface area (Å²) >= 11 is 0. The summed E-state index contributed by atoms with van der Waals surface area (Å²) in [6, 6.07) is 13.7. The molecule has 2 heterocycles. The van der Waals surface area contributed by atoms with Crippen LogP contribution in [0, 0.1) is 11.6 Å². The van der Waals surface area contributed by atoms with Crippen molar-refractivity contribution >= 4 is 0 Å². The number of benzene rings is 2. The second-order valence-electron chi connectivity index (χ2n) is 7.04. The van der Waals surface area contributed by atoms with Gasteiger partial charge in [0.1, 0.15) is 11.6 Å². The van der Waals surface area contributed by atoms with Crippen LogP contribution in [0.5, 0.6) is 0 Å². The molecule has 2 atom stereocenters. The number of rotatable bonds is 3. The van der Waals surface area contributed by atoms with E-state index < -0.39 is 17.2 Å². The maximum Gasteiger partial charge on any atom is 0.132 e. The lowest BCUT2D eigenvalue weighted by molar-refractivity contribution is -0.151. The average molecular weight is 345 g/mol. The first-order chi connectivity index (χ1) is 12.1. The van der Waals surface area contributed by atoms with E-state index in [1.165, 1.54) is 23.8 Å². The fourth-order valence-corrected chi connectivity index (χ4v) is 4.24. The molecule has 0 amide bonds. The lowest BCUT2D eigenvalue weighted by Gasteiger charge is -2.51. The monoisotopic (exact) mass is 345 g/mol. The number of hydrogen-bond acceptors (Lipinski definition) is 3. The predicted molar refractivity (Wildman–Crippen MR) is 89.9 cm³/mol. The van der Waals surface area contributed by atoms with Crippen LogP contribution in [0.25, 0.3) is 0 Å². The van der Waals surface area contributed by atoms with Gasteiger partial charge >= 0.3 is 0 Å². The van der Waals surface area contributed by atoms with Crippen LogP contribution in [0.3, 0.4) is 0 Å². The molecule has 1 N–H and O–H groups in total. The van der Waals surface area contributed by atoms with Crippen molar-refractivity contribution in [1.29, 1.82) is 0 Å². The number of ether oxygens (including phenoxy) is 1. The van der Waals surface area contributed by atoms with Crippen LogP contribution in [0.4, 0.5) is 8.78 Å². The van der Waals surface area contributed by atoms with Crippen LogP contribution in [0.1, 0.15) is 24.0 Å². The summed E-state index contributed by atoms with van der Waals surface area (Å²) in [6.07, 6.45) is 0.516. The molecule has 2 unspecified atom stereocenters. The lowest BCUT2D eigenvalue weighted by atomic mass is 9.76. The minimum atomic E-state index is -1.50. The smallest absolute Gasteiger partial charge is 0.132 e. The zero-order valence-corrected chi connectivity index (χ0v) is 13.9. The van der Waals surface area contributed by atoms with Crippen LogP contribution in [-0.4, -0.2) is 35.3 Å². The van der Waals surface area contributed by atoms with E-state index in [4.69, 9.17) is 4.74 Å². The minimum absolute atomic E-state index is 0.0725. The third-order valence-electron chi connectivity index (χ3n) is 5.34. The van der Waals surface area contributed by atoms with Crippen LogP contribution >= 0.6 is 0 Å². The highest BCUT2D eigenvalue weighted by Crippen LogP contribution is 2.43. The number of hydrogen-bond donors (Lipinski definition) is 1. The molecule has 2 aromatic rings. The molecule has 0 radical (unpaired) electrons. The molecule has 2 bridgehead atoms. The van der Waals surface area contributed by atoms with Crippen LogP contribution in [0.2, 0.25) is 0 Å². The van der Waals surface area contributed by atoms with Gasteiger partial charge in [-0.25, -0.2) is 8.78 Å². The molecule has 2 aromatic carbocycles. The van der Waals surface area contributed by atoms with E-state index >= 15 is 0 Å². The molecular formula is C20H21F2NO2. The van der Waals surface area contributed by atoms with E-state index in [0.29, 0.717) is 13.2 Å². The van der Waals surface area contributed by atoms with E-state index in [-0.39, 0.29) is 30.5 Å². The molecule has 0 aliphatic carbocycles. The standard InChI is InChI=1S/C20H21F2NO2/c21-17-7-4-8-18(22)19(17)20(24)9-15-12-25-13-16(10-20)23(15)11-14-5-2-1-3-6-14/h1-8,15-16,24H,9-13H2. The largest absolute Gasteiger partial charge is 0.385 e. The highest BCUT2D eigenvalue weighted by Gasteiger charge is 2.48. The SMILES string of the molecule is OC1(c2c(F)cccc2F)CC2COCC(C1)N2Cc1ccccc1. The Kier molecular flexibility index (Phi) is 4.31. The van der Waals surface area contributed by atoms with Gasteiger partial charge in [-0.15, -0.1) is 0 Å². The van der Waals surface area contributed by atoms with E-state index in [2.05, 4.69) is 17.0 Å². The number of nitrogens with zero attached hydrogens (tertiary/aromatic N) is 1. The number of morpholine rings is 1. The number of halogens is 2. The Bertz CT molecular complexity index is 718. The molecule has 0 spiro atoms. The summed E-state index contributed by atoms with van der Waals surface area (Å²) in [5.74, 6) is -1.36. The second-order valence-corrected chi connectivity index (χ2v) is 7.04. The van der Waals surface area contributed by atoms with Gasteiger partial charge in [-0.1, -0.05) is 36.4 Å². The Balaban J connectivity index is 1.63. The molecular weight excluding hydrogens is 324 g/mol. The summed E-state index contributed by atoms with van der Waals surface area (Å²) in [6.45, 7) is 1.67. The molecule has 2 fully saturated rings. The second kappa shape index (κ2) is 6.48. The van der Waals surface area contributed by atoms with Crippen molar-refractivity contribution in [3.8, 4) is 0 Å². The quantitative estimate of drug-likeness (QED) is 0.927. The van der Waals surface area contributed by atoms with E-state index in [1.807, 2.05) is 18.2 Å². The highest BCUT2D eigenvalue weighted by atomic mass is 19.1. The van der Waals surface area contributed by atoms with Gasteiger partial charge in [-0.3, -0.25) is 4.90 Å². The maximum atomic E-state index is 14.3. The normalized spacial score (nSPS) is 29.6. The fourth-order valence-electron chi connectivity index (χ4n) is 4.24. The van der Waals surface area contributed by atoms with Gasteiger partial charge in [0.2, 0.25) is 0 Å². The number of fused-ring (bicyclic) bond motifs is 2. The van der Waals surface area contributed by atoms with Crippen molar-refractivity contribution in [2.45, 2.75) is 37.1 Å². The molecule has 2 aliphatic heterocycles. The molecule has 0 saturated carbocycles. The summed E-state index contributed by atoms with van der Waals surface area (Å²) in [7, 11) is 0. The fraction of sp³-hybridized carbons (Fsp3) is 0.400. The molecule has 3 nitrogen and oxygen atoms in total. The third kappa shape index (κ3) is 3.08. The first-order valence-corrected chi connectivity index (χ1v) is 8.61. The Morgan fingerprint density at radius 2 is 1.56 bits per heavy atom. The predicted octanol–water partition coefficient (Wildman–Crippen LogP) is 3.22. The molecule has 2 saturated heterocycles. The van der Waals surface area contributed by atoms with Gasteiger partial charge in [0, 0.05) is 18.6 Å². The van der Waals surface area contributed by atoms with E-state index in [1.54, 1.807) is 0 Å². The number of aliphatic hydroxyl groups is 1. The van der Waals surface area contributed by atoms with Gasteiger partial charge in [0.05, 0.1) is 24.4 Å². The first kappa shape index (κ1) is 16.6. The van der Waals surface area contributed by atoms with Gasteiger partial charge in [0.15, 0.2) is 0 Å². The Labute approximate surface area is 145 Å². The topological polar surface area (TPSA) is 32.7 Å². The van der Waals surface area contributed by atoms with Crippen molar-refractivity contribution in [2.75, 3.05) is 13.2 Å². The Hall–Kier alpha value is -1.82. The van der Waals surface area contributed by atoms with E-state index in [0.717, 1.165) is 6.54 Å². The van der Waals surface area contributed by atoms with Gasteiger partial charge < -0.3 is 9.84 Å². The van der Waals surface area contributed by atoms with Crippen LogP contribution < -0.4 is 0 Å². The van der Waals surface area contributed by atoms with Crippen molar-refractivity contribution in [1.82, 2.24) is 4.90 Å². The zero-order valence-electron chi connectivity index (χ0n) is 13.9. The van der Waals surface area contributed by atoms with Crippen LogP contribution in [0.15, 0.2) is 48.5 Å². The van der Waals surface area contributed by atoms with Gasteiger partial charge in [-0.05, 0) is 30.5 Å². The van der Waals surface area contributed by atoms with Crippen molar-refractivity contribution in [3.05, 3.63) is 71.3 Å².